The normalized spacial score (nSPS) is 13.7. The van der Waals surface area contributed by atoms with Crippen LogP contribution in [-0.4, -0.2) is 28.3 Å². The van der Waals surface area contributed by atoms with E-state index in [9.17, 15) is 8.42 Å². The van der Waals surface area contributed by atoms with Gasteiger partial charge in [-0.25, -0.2) is 8.42 Å². The Morgan fingerprint density at radius 3 is 2.19 bits per heavy atom. The average Bonchev–Trinajstić information content (AvgIpc) is 2.25. The minimum absolute atomic E-state index is 0.385. The highest BCUT2D eigenvalue weighted by molar-refractivity contribution is 7.90. The van der Waals surface area contributed by atoms with Crippen LogP contribution in [0, 0.1) is 0 Å². The maximum absolute atomic E-state index is 11.3. The molecule has 1 rings (SSSR count). The summed E-state index contributed by atoms with van der Waals surface area (Å²) in [5.41, 5.74) is 1.18. The fraction of sp³-hybridized carbons (Fsp3) is 0.500. The van der Waals surface area contributed by atoms with Gasteiger partial charge in [-0.15, -0.1) is 0 Å². The number of nitrogens with one attached hydrogen (secondary N) is 1. The second-order valence-corrected chi connectivity index (χ2v) is 6.02. The van der Waals surface area contributed by atoms with Crippen LogP contribution in [0.3, 0.4) is 0 Å². The molecule has 16 heavy (non-hydrogen) atoms. The molecule has 0 amide bonds. The standard InChI is InChI=1S/C12H19NO2S/c1-4-10(9-13-2)11-5-7-12(8-6-11)16(3,14)15/h5-8,10,13H,4,9H2,1-3H3. The van der Waals surface area contributed by atoms with Gasteiger partial charge in [0.15, 0.2) is 9.84 Å². The third-order valence-corrected chi connectivity index (χ3v) is 3.85. The second-order valence-electron chi connectivity index (χ2n) is 4.00. The van der Waals surface area contributed by atoms with Crippen LogP contribution >= 0.6 is 0 Å². The zero-order chi connectivity index (χ0) is 12.2. The first kappa shape index (κ1) is 13.2. The van der Waals surface area contributed by atoms with E-state index in [2.05, 4.69) is 12.2 Å². The van der Waals surface area contributed by atoms with Crippen molar-refractivity contribution in [1.29, 1.82) is 0 Å². The molecule has 0 aliphatic heterocycles. The molecule has 0 aliphatic rings. The molecular weight excluding hydrogens is 222 g/mol. The summed E-state index contributed by atoms with van der Waals surface area (Å²) >= 11 is 0. The third-order valence-electron chi connectivity index (χ3n) is 2.72. The van der Waals surface area contributed by atoms with E-state index in [0.29, 0.717) is 10.8 Å². The molecule has 0 saturated heterocycles. The second kappa shape index (κ2) is 5.46. The van der Waals surface area contributed by atoms with Gasteiger partial charge in [-0.1, -0.05) is 19.1 Å². The summed E-state index contributed by atoms with van der Waals surface area (Å²) in [5, 5.41) is 3.14. The molecule has 0 aliphatic carbocycles. The Kier molecular flexibility index (Phi) is 4.50. The molecule has 90 valence electrons. The van der Waals surface area contributed by atoms with Crippen molar-refractivity contribution in [3.05, 3.63) is 29.8 Å². The maximum Gasteiger partial charge on any atom is 0.175 e. The molecule has 0 aromatic heterocycles. The highest BCUT2D eigenvalue weighted by Gasteiger charge is 2.10. The minimum atomic E-state index is -3.08. The van der Waals surface area contributed by atoms with Crippen molar-refractivity contribution in [2.75, 3.05) is 19.8 Å². The van der Waals surface area contributed by atoms with Gasteiger partial charge in [-0.3, -0.25) is 0 Å². The fourth-order valence-electron chi connectivity index (χ4n) is 1.73. The lowest BCUT2D eigenvalue weighted by Crippen LogP contribution is -2.16. The molecule has 0 spiro atoms. The molecule has 0 saturated carbocycles. The van der Waals surface area contributed by atoms with Gasteiger partial charge < -0.3 is 5.32 Å². The number of sulfone groups is 1. The Hall–Kier alpha value is -0.870. The van der Waals surface area contributed by atoms with Crippen molar-refractivity contribution in [3.63, 3.8) is 0 Å². The molecule has 1 aromatic rings. The Bertz CT molecular complexity index is 423. The molecule has 0 fully saturated rings. The van der Waals surface area contributed by atoms with Crippen molar-refractivity contribution in [2.24, 2.45) is 0 Å². The van der Waals surface area contributed by atoms with E-state index in [1.54, 1.807) is 12.1 Å². The smallest absolute Gasteiger partial charge is 0.175 e. The van der Waals surface area contributed by atoms with E-state index in [0.717, 1.165) is 13.0 Å². The summed E-state index contributed by atoms with van der Waals surface area (Å²) < 4.78 is 22.6. The van der Waals surface area contributed by atoms with E-state index in [1.807, 2.05) is 19.2 Å². The van der Waals surface area contributed by atoms with Crippen LogP contribution in [0.4, 0.5) is 0 Å². The summed E-state index contributed by atoms with van der Waals surface area (Å²) in [7, 11) is -1.16. The van der Waals surface area contributed by atoms with Crippen molar-refractivity contribution >= 4 is 9.84 Å². The first-order chi connectivity index (χ1) is 7.49. The summed E-state index contributed by atoms with van der Waals surface area (Å²) in [6.45, 7) is 3.04. The SMILES string of the molecule is CCC(CNC)c1ccc(S(C)(=O)=O)cc1. The predicted molar refractivity (Wildman–Crippen MR) is 66.5 cm³/mol. The molecule has 3 nitrogen and oxygen atoms in total. The molecule has 0 radical (unpaired) electrons. The Morgan fingerprint density at radius 2 is 1.81 bits per heavy atom. The number of likely N-dealkylation sites (N-methyl/N-ethyl adjacent to an activating group) is 1. The first-order valence-corrected chi connectivity index (χ1v) is 7.32. The van der Waals surface area contributed by atoms with Crippen LogP contribution in [0.15, 0.2) is 29.2 Å². The van der Waals surface area contributed by atoms with Crippen LogP contribution in [0.1, 0.15) is 24.8 Å². The van der Waals surface area contributed by atoms with E-state index < -0.39 is 9.84 Å². The van der Waals surface area contributed by atoms with Gasteiger partial charge in [-0.05, 0) is 37.1 Å². The Morgan fingerprint density at radius 1 is 1.25 bits per heavy atom. The number of benzene rings is 1. The molecular formula is C12H19NO2S. The van der Waals surface area contributed by atoms with Gasteiger partial charge in [0.05, 0.1) is 4.90 Å². The summed E-state index contributed by atoms with van der Waals surface area (Å²) in [4.78, 5) is 0.385. The van der Waals surface area contributed by atoms with Crippen LogP contribution in [0.5, 0.6) is 0 Å². The Labute approximate surface area is 97.8 Å². The summed E-state index contributed by atoms with van der Waals surface area (Å²) in [5.74, 6) is 0.443. The summed E-state index contributed by atoms with van der Waals surface area (Å²) in [6, 6.07) is 7.18. The summed E-state index contributed by atoms with van der Waals surface area (Å²) in [6.07, 6.45) is 2.27. The van der Waals surface area contributed by atoms with E-state index in [1.165, 1.54) is 11.8 Å². The van der Waals surface area contributed by atoms with Gasteiger partial charge in [0.2, 0.25) is 0 Å². The largest absolute Gasteiger partial charge is 0.319 e. The van der Waals surface area contributed by atoms with Gasteiger partial charge >= 0.3 is 0 Å². The van der Waals surface area contributed by atoms with Gasteiger partial charge in [0.1, 0.15) is 0 Å². The maximum atomic E-state index is 11.3. The van der Waals surface area contributed by atoms with Crippen LogP contribution in [0.25, 0.3) is 0 Å². The first-order valence-electron chi connectivity index (χ1n) is 5.43. The predicted octanol–water partition coefficient (Wildman–Crippen LogP) is 1.80. The Balaban J connectivity index is 2.93. The molecule has 1 aromatic carbocycles. The van der Waals surface area contributed by atoms with E-state index in [-0.39, 0.29) is 0 Å². The van der Waals surface area contributed by atoms with E-state index >= 15 is 0 Å². The van der Waals surface area contributed by atoms with Crippen molar-refractivity contribution in [2.45, 2.75) is 24.2 Å². The lowest BCUT2D eigenvalue weighted by atomic mass is 9.97. The minimum Gasteiger partial charge on any atom is -0.319 e. The zero-order valence-corrected chi connectivity index (χ0v) is 10.8. The zero-order valence-electron chi connectivity index (χ0n) is 10.0. The molecule has 4 heteroatoms. The molecule has 0 bridgehead atoms. The van der Waals surface area contributed by atoms with Crippen molar-refractivity contribution in [3.8, 4) is 0 Å². The van der Waals surface area contributed by atoms with Gasteiger partial charge in [0.25, 0.3) is 0 Å². The van der Waals surface area contributed by atoms with Gasteiger partial charge in [-0.2, -0.15) is 0 Å². The molecule has 1 atom stereocenters. The van der Waals surface area contributed by atoms with E-state index in [4.69, 9.17) is 0 Å². The monoisotopic (exact) mass is 241 g/mol. The highest BCUT2D eigenvalue weighted by atomic mass is 32.2. The van der Waals surface area contributed by atoms with Crippen LogP contribution in [0.2, 0.25) is 0 Å². The molecule has 1 unspecified atom stereocenters. The third kappa shape index (κ3) is 3.32. The fourth-order valence-corrected chi connectivity index (χ4v) is 2.36. The van der Waals surface area contributed by atoms with Crippen molar-refractivity contribution in [1.82, 2.24) is 5.32 Å². The number of hydrogen-bond donors (Lipinski definition) is 1. The molecule has 0 heterocycles. The average molecular weight is 241 g/mol. The van der Waals surface area contributed by atoms with Gasteiger partial charge in [0, 0.05) is 12.8 Å². The highest BCUT2D eigenvalue weighted by Crippen LogP contribution is 2.20. The topological polar surface area (TPSA) is 46.2 Å². The van der Waals surface area contributed by atoms with Crippen molar-refractivity contribution < 1.29 is 8.42 Å². The number of rotatable bonds is 5. The van der Waals surface area contributed by atoms with Crippen LogP contribution < -0.4 is 5.32 Å². The van der Waals surface area contributed by atoms with Crippen LogP contribution in [-0.2, 0) is 9.84 Å². The lowest BCUT2D eigenvalue weighted by molar-refractivity contribution is 0.600. The lowest BCUT2D eigenvalue weighted by Gasteiger charge is -2.14. The quantitative estimate of drug-likeness (QED) is 0.855. The molecule has 1 N–H and O–H groups in total. The number of hydrogen-bond acceptors (Lipinski definition) is 3.